The second-order valence-electron chi connectivity index (χ2n) is 4.60. The van der Waals surface area contributed by atoms with Crippen LogP contribution in [0.4, 0.5) is 0 Å². The number of rotatable bonds is 4. The van der Waals surface area contributed by atoms with E-state index in [4.69, 9.17) is 14.8 Å². The highest BCUT2D eigenvalue weighted by molar-refractivity contribution is 7.86. The minimum atomic E-state index is -4.99. The molecule has 0 saturated carbocycles. The summed E-state index contributed by atoms with van der Waals surface area (Å²) in [5.41, 5.74) is -1.54. The van der Waals surface area contributed by atoms with Crippen LogP contribution < -0.4 is 0 Å². The molecule has 0 aliphatic heterocycles. The number of carbonyl (C=O) groups is 2. The van der Waals surface area contributed by atoms with E-state index in [2.05, 4.69) is 0 Å². The van der Waals surface area contributed by atoms with Crippen LogP contribution in [0.3, 0.4) is 0 Å². The molecule has 0 aliphatic carbocycles. The number of hydrogen-bond acceptors (Lipinski definition) is 6. The van der Waals surface area contributed by atoms with E-state index in [0.29, 0.717) is 18.2 Å². The molecule has 0 amide bonds. The highest BCUT2D eigenvalue weighted by Gasteiger charge is 2.25. The molecular formula is C12H8O10S2. The third-order valence-corrected chi connectivity index (χ3v) is 4.84. The summed E-state index contributed by atoms with van der Waals surface area (Å²) in [5.74, 6) is -3.36. The zero-order chi connectivity index (χ0) is 18.4. The van der Waals surface area contributed by atoms with Crippen molar-refractivity contribution < 1.29 is 45.7 Å². The highest BCUT2D eigenvalue weighted by atomic mass is 32.2. The third-order valence-electron chi connectivity index (χ3n) is 3.05. The summed E-state index contributed by atoms with van der Waals surface area (Å²) >= 11 is 0. The van der Waals surface area contributed by atoms with Gasteiger partial charge >= 0.3 is 11.9 Å². The van der Waals surface area contributed by atoms with Gasteiger partial charge in [0.15, 0.2) is 0 Å². The lowest BCUT2D eigenvalue weighted by Gasteiger charge is -2.10. The van der Waals surface area contributed by atoms with Gasteiger partial charge in [-0.05, 0) is 29.7 Å². The summed E-state index contributed by atoms with van der Waals surface area (Å²) in [4.78, 5) is 20.2. The summed E-state index contributed by atoms with van der Waals surface area (Å²) in [6, 6.07) is 2.68. The van der Waals surface area contributed by atoms with E-state index in [-0.39, 0.29) is 5.39 Å². The smallest absolute Gasteiger partial charge is 0.337 e. The predicted molar refractivity (Wildman–Crippen MR) is 77.5 cm³/mol. The number of hydrogen-bond donors (Lipinski definition) is 4. The highest BCUT2D eigenvalue weighted by Crippen LogP contribution is 2.30. The van der Waals surface area contributed by atoms with E-state index in [9.17, 15) is 31.0 Å². The van der Waals surface area contributed by atoms with Crippen molar-refractivity contribution in [2.45, 2.75) is 9.79 Å². The van der Waals surface area contributed by atoms with Crippen molar-refractivity contribution in [2.24, 2.45) is 0 Å². The second kappa shape index (κ2) is 5.52. The first-order valence-corrected chi connectivity index (χ1v) is 8.74. The van der Waals surface area contributed by atoms with E-state index < -0.39 is 58.5 Å². The van der Waals surface area contributed by atoms with Crippen LogP contribution in [0.15, 0.2) is 34.1 Å². The van der Waals surface area contributed by atoms with Gasteiger partial charge in [-0.3, -0.25) is 9.11 Å². The van der Waals surface area contributed by atoms with Crippen LogP contribution in [0.25, 0.3) is 10.8 Å². The van der Waals surface area contributed by atoms with Crippen molar-refractivity contribution in [1.82, 2.24) is 0 Å². The normalized spacial score (nSPS) is 12.2. The number of benzene rings is 2. The summed E-state index contributed by atoms with van der Waals surface area (Å²) in [5, 5.41) is 17.3. The van der Waals surface area contributed by atoms with Crippen LogP contribution >= 0.6 is 0 Å². The molecule has 2 aromatic carbocycles. The molecule has 0 radical (unpaired) electrons. The Morgan fingerprint density at radius 2 is 1.29 bits per heavy atom. The van der Waals surface area contributed by atoms with Crippen molar-refractivity contribution in [2.75, 3.05) is 0 Å². The van der Waals surface area contributed by atoms with Crippen LogP contribution in [0, 0.1) is 0 Å². The van der Waals surface area contributed by atoms with Gasteiger partial charge in [0.2, 0.25) is 0 Å². The number of aromatic carboxylic acids is 2. The minimum Gasteiger partial charge on any atom is -0.478 e. The Kier molecular flexibility index (Phi) is 4.10. The maximum Gasteiger partial charge on any atom is 0.337 e. The van der Waals surface area contributed by atoms with Crippen LogP contribution in [0.5, 0.6) is 0 Å². The van der Waals surface area contributed by atoms with Gasteiger partial charge in [0.1, 0.15) is 9.79 Å². The Balaban J connectivity index is 3.11. The second-order valence-corrected chi connectivity index (χ2v) is 7.38. The molecule has 0 fully saturated rings. The van der Waals surface area contributed by atoms with Crippen LogP contribution in [0.2, 0.25) is 0 Å². The first-order valence-electron chi connectivity index (χ1n) is 5.85. The molecule has 0 aromatic heterocycles. The fourth-order valence-corrected chi connectivity index (χ4v) is 3.50. The van der Waals surface area contributed by atoms with Crippen molar-refractivity contribution in [3.8, 4) is 0 Å². The lowest BCUT2D eigenvalue weighted by atomic mass is 10.0. The average molecular weight is 376 g/mol. The van der Waals surface area contributed by atoms with E-state index in [0.717, 1.165) is 6.07 Å². The van der Waals surface area contributed by atoms with E-state index in [1.807, 2.05) is 0 Å². The maximum absolute atomic E-state index is 11.4. The molecule has 0 aliphatic rings. The summed E-state index contributed by atoms with van der Waals surface area (Å²) in [6.07, 6.45) is 0. The van der Waals surface area contributed by atoms with Gasteiger partial charge in [0, 0.05) is 5.39 Å². The molecule has 0 spiro atoms. The number of fused-ring (bicyclic) bond motifs is 1. The maximum atomic E-state index is 11.4. The molecule has 24 heavy (non-hydrogen) atoms. The monoisotopic (exact) mass is 376 g/mol. The van der Waals surface area contributed by atoms with Crippen LogP contribution in [0.1, 0.15) is 20.7 Å². The Hall–Kier alpha value is -2.54. The number of carboxylic acids is 2. The molecular weight excluding hydrogens is 368 g/mol. The molecule has 4 N–H and O–H groups in total. The largest absolute Gasteiger partial charge is 0.478 e. The molecule has 10 nitrogen and oxygen atoms in total. The average Bonchev–Trinajstić information content (AvgIpc) is 2.42. The predicted octanol–water partition coefficient (Wildman–Crippen LogP) is 0.730. The molecule has 0 heterocycles. The van der Waals surface area contributed by atoms with Crippen molar-refractivity contribution >= 4 is 42.9 Å². The standard InChI is InChI=1S/C12H8O10S2/c13-11(14)6-1-5-2-10(24(20,21)22)8(12(15)16)4-7(5)9(3-6)23(17,18)19/h1-4H,(H,13,14)(H,15,16)(H,17,18,19)(H,20,21,22). The van der Waals surface area contributed by atoms with E-state index >= 15 is 0 Å². The summed E-state index contributed by atoms with van der Waals surface area (Å²) < 4.78 is 63.8. The van der Waals surface area contributed by atoms with Gasteiger partial charge in [-0.25, -0.2) is 9.59 Å². The molecule has 0 unspecified atom stereocenters. The van der Waals surface area contributed by atoms with E-state index in [1.165, 1.54) is 0 Å². The first-order chi connectivity index (χ1) is 10.8. The fourth-order valence-electron chi connectivity index (χ4n) is 2.07. The lowest BCUT2D eigenvalue weighted by Crippen LogP contribution is -2.10. The quantitative estimate of drug-likeness (QED) is 0.555. The molecule has 0 atom stereocenters. The Morgan fingerprint density at radius 1 is 0.750 bits per heavy atom. The fraction of sp³-hybridized carbons (Fsp3) is 0. The molecule has 0 saturated heterocycles. The van der Waals surface area contributed by atoms with Crippen molar-refractivity contribution in [1.29, 1.82) is 0 Å². The first kappa shape index (κ1) is 17.8. The van der Waals surface area contributed by atoms with Gasteiger partial charge < -0.3 is 10.2 Å². The molecule has 2 aromatic rings. The van der Waals surface area contributed by atoms with Gasteiger partial charge in [-0.2, -0.15) is 16.8 Å². The van der Waals surface area contributed by atoms with Gasteiger partial charge in [0.25, 0.3) is 20.2 Å². The topological polar surface area (TPSA) is 183 Å². The molecule has 128 valence electrons. The van der Waals surface area contributed by atoms with Gasteiger partial charge in [-0.1, -0.05) is 0 Å². The Labute approximate surface area is 134 Å². The zero-order valence-electron chi connectivity index (χ0n) is 11.4. The Morgan fingerprint density at radius 3 is 1.71 bits per heavy atom. The zero-order valence-corrected chi connectivity index (χ0v) is 13.0. The Bertz CT molecular complexity index is 1100. The van der Waals surface area contributed by atoms with Gasteiger partial charge in [0.05, 0.1) is 11.1 Å². The molecule has 12 heteroatoms. The van der Waals surface area contributed by atoms with Crippen LogP contribution in [-0.2, 0) is 20.2 Å². The number of carboxylic acid groups (broad SMARTS) is 2. The van der Waals surface area contributed by atoms with Crippen molar-refractivity contribution in [3.05, 3.63) is 35.4 Å². The SMILES string of the molecule is O=C(O)c1cc(S(=O)(=O)O)c2cc(C(=O)O)c(S(=O)(=O)O)cc2c1. The van der Waals surface area contributed by atoms with E-state index in [1.54, 1.807) is 0 Å². The van der Waals surface area contributed by atoms with Gasteiger partial charge in [-0.15, -0.1) is 0 Å². The molecule has 0 bridgehead atoms. The minimum absolute atomic E-state index is 0.319. The summed E-state index contributed by atoms with van der Waals surface area (Å²) in [6.45, 7) is 0. The molecule has 2 rings (SSSR count). The third kappa shape index (κ3) is 3.21. The summed E-state index contributed by atoms with van der Waals surface area (Å²) in [7, 11) is -9.94. The van der Waals surface area contributed by atoms with Crippen molar-refractivity contribution in [3.63, 3.8) is 0 Å². The van der Waals surface area contributed by atoms with Crippen LogP contribution in [-0.4, -0.2) is 48.1 Å². The lowest BCUT2D eigenvalue weighted by molar-refractivity contribution is 0.0683.